The second-order valence-corrected chi connectivity index (χ2v) is 5.86. The molecule has 146 valence electrons. The summed E-state index contributed by atoms with van der Waals surface area (Å²) in [5, 5.41) is 2.67. The van der Waals surface area contributed by atoms with Crippen molar-refractivity contribution in [3.63, 3.8) is 0 Å². The lowest BCUT2D eigenvalue weighted by Crippen LogP contribution is -2.18. The number of carbonyl (C=O) groups excluding carboxylic acids is 1. The molecule has 0 aliphatic carbocycles. The van der Waals surface area contributed by atoms with E-state index in [4.69, 9.17) is 4.74 Å². The summed E-state index contributed by atoms with van der Waals surface area (Å²) in [5.74, 6) is 3.68. The van der Waals surface area contributed by atoms with Gasteiger partial charge in [0.25, 0.3) is 0 Å². The molecule has 29 heavy (non-hydrogen) atoms. The molecule has 0 unspecified atom stereocenters. The van der Waals surface area contributed by atoms with Crippen molar-refractivity contribution < 1.29 is 22.7 Å². The van der Waals surface area contributed by atoms with Gasteiger partial charge in [-0.05, 0) is 29.8 Å². The Hall–Kier alpha value is -3.86. The lowest BCUT2D eigenvalue weighted by atomic mass is 10.1. The van der Waals surface area contributed by atoms with Gasteiger partial charge in [-0.1, -0.05) is 24.0 Å². The topological polar surface area (TPSA) is 64.1 Å². The van der Waals surface area contributed by atoms with E-state index in [9.17, 15) is 18.0 Å². The van der Waals surface area contributed by atoms with Crippen LogP contribution in [0.3, 0.4) is 0 Å². The number of hydrogen-bond donors (Lipinski definition) is 1. The summed E-state index contributed by atoms with van der Waals surface area (Å²) >= 11 is 0. The molecule has 5 nitrogen and oxygen atoms in total. The van der Waals surface area contributed by atoms with Crippen LogP contribution in [0.25, 0.3) is 0 Å². The number of alkyl carbamates (subject to hydrolysis) is 1. The van der Waals surface area contributed by atoms with Crippen molar-refractivity contribution in [3.05, 3.63) is 95.3 Å². The third-order valence-corrected chi connectivity index (χ3v) is 3.72. The maximum absolute atomic E-state index is 13.0. The molecule has 8 heteroatoms. The second kappa shape index (κ2) is 9.37. The molecule has 1 atom stereocenters. The molecule has 3 heterocycles. The third-order valence-electron chi connectivity index (χ3n) is 3.72. The van der Waals surface area contributed by atoms with Gasteiger partial charge in [0.15, 0.2) is 11.6 Å². The van der Waals surface area contributed by atoms with Gasteiger partial charge >= 0.3 is 6.09 Å². The summed E-state index contributed by atoms with van der Waals surface area (Å²) in [6.07, 6.45) is 5.41. The van der Waals surface area contributed by atoms with Crippen molar-refractivity contribution in [3.8, 4) is 11.8 Å². The third kappa shape index (κ3) is 5.81. The van der Waals surface area contributed by atoms with Crippen LogP contribution in [0.2, 0.25) is 0 Å². The highest BCUT2D eigenvalue weighted by Crippen LogP contribution is 2.17. The molecular formula is C21H14F3N3O2. The summed E-state index contributed by atoms with van der Waals surface area (Å²) < 4.78 is 41.7. The van der Waals surface area contributed by atoms with Gasteiger partial charge in [-0.2, -0.15) is 0 Å². The highest BCUT2D eigenvalue weighted by Gasteiger charge is 2.23. The Morgan fingerprint density at radius 3 is 2.10 bits per heavy atom. The van der Waals surface area contributed by atoms with Gasteiger partial charge in [0.05, 0.1) is 12.2 Å². The van der Waals surface area contributed by atoms with Crippen molar-refractivity contribution >= 4 is 6.09 Å². The Morgan fingerprint density at radius 1 is 0.931 bits per heavy atom. The number of aromatic nitrogens is 2. The zero-order valence-corrected chi connectivity index (χ0v) is 14.9. The minimum atomic E-state index is -0.799. The number of rotatable bonds is 1. The van der Waals surface area contributed by atoms with Crippen LogP contribution in [-0.2, 0) is 4.74 Å². The molecule has 0 radical (unpaired) electrons. The smallest absolute Gasteiger partial charge is 0.407 e. The number of benzene rings is 1. The molecule has 4 rings (SSSR count). The first kappa shape index (κ1) is 19.9. The number of ether oxygens (including phenoxy) is 1. The standard InChI is InChI=1S/C15H10FN3O2.C6H4F2/c16-13-4-11(6-18-8-13)2-1-10-3-12(7-17-5-10)14-9-21-15(20)19-14;7-5-3-1-2-4-6(5)8/h3-8,14H,9H2,(H,19,20);1-4H/t14-;/m0./s1. The molecule has 1 amide bonds. The molecule has 2 aromatic heterocycles. The molecule has 0 spiro atoms. The fourth-order valence-electron chi connectivity index (χ4n) is 2.34. The van der Waals surface area contributed by atoms with Crippen LogP contribution >= 0.6 is 0 Å². The van der Waals surface area contributed by atoms with Crippen LogP contribution in [0.5, 0.6) is 0 Å². The molecular weight excluding hydrogens is 383 g/mol. The number of nitrogens with zero attached hydrogens (tertiary/aromatic N) is 2. The summed E-state index contributed by atoms with van der Waals surface area (Å²) in [6, 6.07) is 7.94. The van der Waals surface area contributed by atoms with Crippen LogP contribution in [0, 0.1) is 29.3 Å². The molecule has 3 aromatic rings. The molecule has 0 saturated carbocycles. The van der Waals surface area contributed by atoms with E-state index in [1.54, 1.807) is 12.4 Å². The van der Waals surface area contributed by atoms with E-state index in [0.717, 1.165) is 23.9 Å². The number of cyclic esters (lactones) is 1. The average molecular weight is 397 g/mol. The van der Waals surface area contributed by atoms with Crippen molar-refractivity contribution in [2.45, 2.75) is 6.04 Å². The van der Waals surface area contributed by atoms with Gasteiger partial charge in [-0.25, -0.2) is 18.0 Å². The summed E-state index contributed by atoms with van der Waals surface area (Å²) in [5.41, 5.74) is 1.96. The van der Waals surface area contributed by atoms with Crippen LogP contribution in [0.15, 0.2) is 61.2 Å². The van der Waals surface area contributed by atoms with E-state index >= 15 is 0 Å². The number of halogens is 3. The molecule has 1 aromatic carbocycles. The first-order valence-corrected chi connectivity index (χ1v) is 8.42. The van der Waals surface area contributed by atoms with Crippen LogP contribution in [-0.4, -0.2) is 22.7 Å². The largest absolute Gasteiger partial charge is 0.447 e. The van der Waals surface area contributed by atoms with Gasteiger partial charge < -0.3 is 10.1 Å². The molecule has 1 aliphatic heterocycles. The predicted octanol–water partition coefficient (Wildman–Crippen LogP) is 3.76. The maximum Gasteiger partial charge on any atom is 0.407 e. The molecule has 1 N–H and O–H groups in total. The van der Waals surface area contributed by atoms with Gasteiger partial charge in [0.1, 0.15) is 12.4 Å². The quantitative estimate of drug-likeness (QED) is 0.635. The number of pyridine rings is 2. The van der Waals surface area contributed by atoms with E-state index in [2.05, 4.69) is 27.1 Å². The summed E-state index contributed by atoms with van der Waals surface area (Å²) in [6.45, 7) is 0.269. The second-order valence-electron chi connectivity index (χ2n) is 5.86. The normalized spacial score (nSPS) is 14.6. The monoisotopic (exact) mass is 397 g/mol. The van der Waals surface area contributed by atoms with Crippen LogP contribution in [0.1, 0.15) is 22.7 Å². The Morgan fingerprint density at radius 2 is 1.55 bits per heavy atom. The fraction of sp³-hybridized carbons (Fsp3) is 0.0952. The Bertz CT molecular complexity index is 1060. The van der Waals surface area contributed by atoms with Crippen LogP contribution in [0.4, 0.5) is 18.0 Å². The lowest BCUT2D eigenvalue weighted by molar-refractivity contribution is 0.177. The van der Waals surface area contributed by atoms with E-state index in [1.165, 1.54) is 24.4 Å². The number of hydrogen-bond acceptors (Lipinski definition) is 4. The Balaban J connectivity index is 0.000000252. The van der Waals surface area contributed by atoms with Gasteiger partial charge in [-0.15, -0.1) is 0 Å². The van der Waals surface area contributed by atoms with E-state index in [0.29, 0.717) is 11.1 Å². The van der Waals surface area contributed by atoms with Gasteiger partial charge in [-0.3, -0.25) is 9.97 Å². The maximum atomic E-state index is 13.0. The number of amides is 1. The summed E-state index contributed by atoms with van der Waals surface area (Å²) in [4.78, 5) is 18.8. The molecule has 1 fully saturated rings. The van der Waals surface area contributed by atoms with Gasteiger partial charge in [0, 0.05) is 29.7 Å². The minimum absolute atomic E-state index is 0.220. The average Bonchev–Trinajstić information content (AvgIpc) is 3.16. The Kier molecular flexibility index (Phi) is 6.43. The number of carbonyl (C=O) groups is 1. The van der Waals surface area contributed by atoms with E-state index < -0.39 is 23.5 Å². The predicted molar refractivity (Wildman–Crippen MR) is 98.0 cm³/mol. The van der Waals surface area contributed by atoms with Crippen molar-refractivity contribution in [1.82, 2.24) is 15.3 Å². The highest BCUT2D eigenvalue weighted by atomic mass is 19.2. The summed E-state index contributed by atoms with van der Waals surface area (Å²) in [7, 11) is 0. The first-order valence-electron chi connectivity index (χ1n) is 8.42. The molecule has 0 bridgehead atoms. The minimum Gasteiger partial charge on any atom is -0.447 e. The molecule has 1 saturated heterocycles. The van der Waals surface area contributed by atoms with Crippen molar-refractivity contribution in [1.29, 1.82) is 0 Å². The van der Waals surface area contributed by atoms with Gasteiger partial charge in [0.2, 0.25) is 0 Å². The fourth-order valence-corrected chi connectivity index (χ4v) is 2.34. The molecule has 1 aliphatic rings. The van der Waals surface area contributed by atoms with Crippen LogP contribution < -0.4 is 5.32 Å². The van der Waals surface area contributed by atoms with Crippen molar-refractivity contribution in [2.75, 3.05) is 6.61 Å². The highest BCUT2D eigenvalue weighted by molar-refractivity contribution is 5.70. The number of nitrogens with one attached hydrogen (secondary N) is 1. The lowest BCUT2D eigenvalue weighted by Gasteiger charge is -2.06. The zero-order valence-electron chi connectivity index (χ0n) is 14.9. The van der Waals surface area contributed by atoms with E-state index in [1.807, 2.05) is 6.07 Å². The van der Waals surface area contributed by atoms with Crippen molar-refractivity contribution in [2.24, 2.45) is 0 Å². The SMILES string of the molecule is Fc1ccccc1F.O=C1N[C@H](c2cncc(C#Cc3cncc(F)c3)c2)CO1. The first-order chi connectivity index (χ1) is 14.0. The van der Waals surface area contributed by atoms with E-state index in [-0.39, 0.29) is 12.6 Å². The Labute approximate surface area is 164 Å². The zero-order chi connectivity index (χ0) is 20.6.